The first-order chi connectivity index (χ1) is 9.24. The van der Waals surface area contributed by atoms with Gasteiger partial charge in [-0.3, -0.25) is 4.21 Å². The van der Waals surface area contributed by atoms with Gasteiger partial charge in [-0.15, -0.1) is 0 Å². The molecule has 0 heterocycles. The van der Waals surface area contributed by atoms with E-state index in [1.54, 1.807) is 0 Å². The van der Waals surface area contributed by atoms with Crippen molar-refractivity contribution in [2.75, 3.05) is 5.75 Å². The molecular formula is C16H19NOS. The minimum absolute atomic E-state index is 0.159. The zero-order valence-electron chi connectivity index (χ0n) is 11.0. The first kappa shape index (κ1) is 14.0. The lowest BCUT2D eigenvalue weighted by molar-refractivity contribution is 0.639. The van der Waals surface area contributed by atoms with Crippen molar-refractivity contribution in [2.45, 2.75) is 18.2 Å². The van der Waals surface area contributed by atoms with E-state index in [2.05, 4.69) is 0 Å². The van der Waals surface area contributed by atoms with Crippen LogP contribution in [0.4, 0.5) is 0 Å². The number of hydrogen-bond acceptors (Lipinski definition) is 2. The molecule has 3 atom stereocenters. The van der Waals surface area contributed by atoms with Crippen LogP contribution in [0.2, 0.25) is 0 Å². The van der Waals surface area contributed by atoms with E-state index >= 15 is 0 Å². The van der Waals surface area contributed by atoms with Gasteiger partial charge in [0.2, 0.25) is 0 Å². The van der Waals surface area contributed by atoms with E-state index in [0.29, 0.717) is 5.75 Å². The Hall–Kier alpha value is -1.45. The molecule has 0 saturated carbocycles. The monoisotopic (exact) mass is 273 g/mol. The van der Waals surface area contributed by atoms with Crippen LogP contribution in [0.3, 0.4) is 0 Å². The molecule has 0 radical (unpaired) electrons. The Morgan fingerprint density at radius 1 is 0.947 bits per heavy atom. The summed E-state index contributed by atoms with van der Waals surface area (Å²) in [4.78, 5) is 0. The SMILES string of the molecule is CCS(=O)C(c1ccccc1)C(N)c1ccccc1. The zero-order valence-corrected chi connectivity index (χ0v) is 11.8. The third-order valence-electron chi connectivity index (χ3n) is 3.21. The normalized spacial score (nSPS) is 15.7. The van der Waals surface area contributed by atoms with E-state index in [1.807, 2.05) is 67.6 Å². The molecule has 2 N–H and O–H groups in total. The molecule has 2 rings (SSSR count). The van der Waals surface area contributed by atoms with Crippen molar-refractivity contribution in [1.82, 2.24) is 0 Å². The van der Waals surface area contributed by atoms with Crippen LogP contribution in [0.5, 0.6) is 0 Å². The van der Waals surface area contributed by atoms with E-state index in [1.165, 1.54) is 0 Å². The van der Waals surface area contributed by atoms with Gasteiger partial charge < -0.3 is 5.73 Å². The molecule has 0 aliphatic heterocycles. The fourth-order valence-electron chi connectivity index (χ4n) is 2.19. The largest absolute Gasteiger partial charge is 0.323 e. The van der Waals surface area contributed by atoms with Gasteiger partial charge in [0.1, 0.15) is 0 Å². The lowest BCUT2D eigenvalue weighted by atomic mass is 9.99. The van der Waals surface area contributed by atoms with Gasteiger partial charge in [0.25, 0.3) is 0 Å². The molecule has 0 amide bonds. The summed E-state index contributed by atoms with van der Waals surface area (Å²) in [5, 5.41) is -0.159. The third kappa shape index (κ3) is 3.31. The molecule has 0 aromatic heterocycles. The molecule has 100 valence electrons. The summed E-state index contributed by atoms with van der Waals surface area (Å²) >= 11 is 0. The second-order valence-corrected chi connectivity index (χ2v) is 6.28. The van der Waals surface area contributed by atoms with Crippen molar-refractivity contribution in [1.29, 1.82) is 0 Å². The lowest BCUT2D eigenvalue weighted by Crippen LogP contribution is -2.24. The van der Waals surface area contributed by atoms with Crippen LogP contribution in [-0.2, 0) is 10.8 Å². The fourth-order valence-corrected chi connectivity index (χ4v) is 3.50. The van der Waals surface area contributed by atoms with Crippen LogP contribution in [0, 0.1) is 0 Å². The number of nitrogens with two attached hydrogens (primary N) is 1. The van der Waals surface area contributed by atoms with Crippen molar-refractivity contribution in [3.05, 3.63) is 71.8 Å². The molecule has 0 aliphatic rings. The maximum absolute atomic E-state index is 12.4. The molecule has 0 aliphatic carbocycles. The summed E-state index contributed by atoms with van der Waals surface area (Å²) in [7, 11) is -0.971. The molecular weight excluding hydrogens is 254 g/mol. The number of rotatable bonds is 5. The van der Waals surface area contributed by atoms with Crippen LogP contribution in [0.1, 0.15) is 29.3 Å². The summed E-state index contributed by atoms with van der Waals surface area (Å²) in [5.41, 5.74) is 8.42. The van der Waals surface area contributed by atoms with Crippen molar-refractivity contribution in [3.63, 3.8) is 0 Å². The quantitative estimate of drug-likeness (QED) is 0.909. The van der Waals surface area contributed by atoms with Crippen LogP contribution in [-0.4, -0.2) is 9.96 Å². The van der Waals surface area contributed by atoms with Crippen molar-refractivity contribution in [3.8, 4) is 0 Å². The molecule has 2 aromatic rings. The summed E-state index contributed by atoms with van der Waals surface area (Å²) in [6.45, 7) is 1.93. The average molecular weight is 273 g/mol. The summed E-state index contributed by atoms with van der Waals surface area (Å²) in [6, 6.07) is 19.5. The van der Waals surface area contributed by atoms with Crippen LogP contribution in [0.15, 0.2) is 60.7 Å². The molecule has 3 heteroatoms. The van der Waals surface area contributed by atoms with E-state index in [4.69, 9.17) is 5.73 Å². The highest BCUT2D eigenvalue weighted by Crippen LogP contribution is 2.32. The Labute approximate surface area is 117 Å². The van der Waals surface area contributed by atoms with E-state index in [-0.39, 0.29) is 11.3 Å². The molecule has 0 fully saturated rings. The highest BCUT2D eigenvalue weighted by atomic mass is 32.2. The number of hydrogen-bond donors (Lipinski definition) is 1. The molecule has 3 unspecified atom stereocenters. The maximum atomic E-state index is 12.4. The first-order valence-corrected chi connectivity index (χ1v) is 7.85. The van der Waals surface area contributed by atoms with E-state index in [0.717, 1.165) is 11.1 Å². The van der Waals surface area contributed by atoms with Gasteiger partial charge in [-0.2, -0.15) is 0 Å². The summed E-state index contributed by atoms with van der Waals surface area (Å²) in [5.74, 6) is 0.611. The molecule has 2 nitrogen and oxygen atoms in total. The third-order valence-corrected chi connectivity index (χ3v) is 4.91. The predicted molar refractivity (Wildman–Crippen MR) is 81.2 cm³/mol. The van der Waals surface area contributed by atoms with Gasteiger partial charge in [-0.05, 0) is 11.1 Å². The fraction of sp³-hybridized carbons (Fsp3) is 0.250. The Balaban J connectivity index is 2.36. The second kappa shape index (κ2) is 6.64. The topological polar surface area (TPSA) is 43.1 Å². The Kier molecular flexibility index (Phi) is 4.88. The van der Waals surface area contributed by atoms with Crippen LogP contribution in [0.25, 0.3) is 0 Å². The van der Waals surface area contributed by atoms with Gasteiger partial charge in [0.15, 0.2) is 0 Å². The molecule has 0 saturated heterocycles. The standard InChI is InChI=1S/C16H19NOS/c1-2-19(18)16(14-11-7-4-8-12-14)15(17)13-9-5-3-6-10-13/h3-12,15-16H,2,17H2,1H3. The Morgan fingerprint density at radius 3 is 1.89 bits per heavy atom. The highest BCUT2D eigenvalue weighted by Gasteiger charge is 2.25. The van der Waals surface area contributed by atoms with Crippen molar-refractivity contribution >= 4 is 10.8 Å². The van der Waals surface area contributed by atoms with Crippen molar-refractivity contribution in [2.24, 2.45) is 5.73 Å². The Bertz CT molecular complexity index is 527. The van der Waals surface area contributed by atoms with E-state index in [9.17, 15) is 4.21 Å². The average Bonchev–Trinajstić information content (AvgIpc) is 2.49. The lowest BCUT2D eigenvalue weighted by Gasteiger charge is -2.23. The van der Waals surface area contributed by atoms with Gasteiger partial charge >= 0.3 is 0 Å². The summed E-state index contributed by atoms with van der Waals surface area (Å²) < 4.78 is 12.4. The smallest absolute Gasteiger partial charge is 0.0789 e. The molecule has 0 bridgehead atoms. The van der Waals surface area contributed by atoms with Gasteiger partial charge in [-0.25, -0.2) is 0 Å². The van der Waals surface area contributed by atoms with Gasteiger partial charge in [-0.1, -0.05) is 67.6 Å². The van der Waals surface area contributed by atoms with Gasteiger partial charge in [0.05, 0.1) is 5.25 Å². The zero-order chi connectivity index (χ0) is 13.7. The molecule has 2 aromatic carbocycles. The first-order valence-electron chi connectivity index (χ1n) is 6.46. The molecule has 19 heavy (non-hydrogen) atoms. The highest BCUT2D eigenvalue weighted by molar-refractivity contribution is 7.85. The Morgan fingerprint density at radius 2 is 1.42 bits per heavy atom. The summed E-state index contributed by atoms with van der Waals surface area (Å²) in [6.07, 6.45) is 0. The maximum Gasteiger partial charge on any atom is 0.0789 e. The van der Waals surface area contributed by atoms with Crippen molar-refractivity contribution < 1.29 is 4.21 Å². The minimum atomic E-state index is -0.971. The van der Waals surface area contributed by atoms with E-state index < -0.39 is 10.8 Å². The second-order valence-electron chi connectivity index (χ2n) is 4.44. The number of benzene rings is 2. The van der Waals surface area contributed by atoms with Gasteiger partial charge in [0, 0.05) is 22.6 Å². The van der Waals surface area contributed by atoms with Crippen LogP contribution < -0.4 is 5.73 Å². The molecule has 0 spiro atoms. The predicted octanol–water partition coefficient (Wildman–Crippen LogP) is 3.20. The van der Waals surface area contributed by atoms with Crippen LogP contribution >= 0.6 is 0 Å². The minimum Gasteiger partial charge on any atom is -0.323 e.